The van der Waals surface area contributed by atoms with Crippen LogP contribution in [0.5, 0.6) is 11.5 Å². The number of urea groups is 1. The Labute approximate surface area is 174 Å². The first-order valence-electron chi connectivity index (χ1n) is 8.31. The monoisotopic (exact) mass is 464 g/mol. The van der Waals surface area contributed by atoms with Crippen molar-refractivity contribution in [3.8, 4) is 11.5 Å². The molecular formula is C19H17BrN2O7. The molecule has 2 aromatic rings. The minimum Gasteiger partial charge on any atom is -0.496 e. The van der Waals surface area contributed by atoms with Gasteiger partial charge in [0.05, 0.1) is 32.3 Å². The number of ether oxygens (including phenoxy) is 3. The van der Waals surface area contributed by atoms with Crippen LogP contribution in [0.15, 0.2) is 38.9 Å². The molecule has 1 saturated heterocycles. The summed E-state index contributed by atoms with van der Waals surface area (Å²) in [5.74, 6) is 0.0859. The number of benzene rings is 1. The molecular weight excluding hydrogens is 448 g/mol. The molecule has 152 valence electrons. The van der Waals surface area contributed by atoms with Crippen LogP contribution in [0.2, 0.25) is 0 Å². The highest BCUT2D eigenvalue weighted by molar-refractivity contribution is 9.10. The average molecular weight is 465 g/mol. The molecule has 1 aromatic carbocycles. The molecule has 2 heterocycles. The number of imide groups is 1. The van der Waals surface area contributed by atoms with Crippen molar-refractivity contribution in [1.29, 1.82) is 0 Å². The van der Waals surface area contributed by atoms with Crippen molar-refractivity contribution in [3.05, 3.63) is 51.5 Å². The smallest absolute Gasteiger partial charge is 0.373 e. The van der Waals surface area contributed by atoms with E-state index in [1.165, 1.54) is 39.5 Å². The van der Waals surface area contributed by atoms with Gasteiger partial charge in [0.15, 0.2) is 0 Å². The van der Waals surface area contributed by atoms with E-state index in [1.807, 2.05) is 0 Å². The number of carbonyl (C=O) groups excluding carboxylic acids is 3. The molecule has 1 N–H and O–H groups in total. The molecule has 0 bridgehead atoms. The van der Waals surface area contributed by atoms with E-state index in [0.29, 0.717) is 21.5 Å². The zero-order chi connectivity index (χ0) is 21.1. The minimum absolute atomic E-state index is 0.0156. The highest BCUT2D eigenvalue weighted by atomic mass is 79.9. The highest BCUT2D eigenvalue weighted by Crippen LogP contribution is 2.34. The van der Waals surface area contributed by atoms with Gasteiger partial charge in [-0.2, -0.15) is 0 Å². The van der Waals surface area contributed by atoms with Gasteiger partial charge in [-0.3, -0.25) is 9.69 Å². The van der Waals surface area contributed by atoms with Crippen LogP contribution in [0.1, 0.15) is 21.9 Å². The maximum atomic E-state index is 12.7. The lowest BCUT2D eigenvalue weighted by Gasteiger charge is -2.10. The lowest BCUT2D eigenvalue weighted by molar-refractivity contribution is -0.123. The number of esters is 1. The van der Waals surface area contributed by atoms with Gasteiger partial charge < -0.3 is 23.9 Å². The summed E-state index contributed by atoms with van der Waals surface area (Å²) in [5.41, 5.74) is 0.641. The molecule has 0 unspecified atom stereocenters. The number of rotatable bonds is 6. The third-order valence-corrected chi connectivity index (χ3v) is 4.75. The number of halogens is 1. The first-order chi connectivity index (χ1) is 13.9. The summed E-state index contributed by atoms with van der Waals surface area (Å²) in [6.45, 7) is -0.136. The summed E-state index contributed by atoms with van der Waals surface area (Å²) in [6, 6.07) is 5.67. The Hall–Kier alpha value is -3.27. The number of methoxy groups -OCH3 is 3. The zero-order valence-corrected chi connectivity index (χ0v) is 17.4. The summed E-state index contributed by atoms with van der Waals surface area (Å²) < 4.78 is 21.1. The summed E-state index contributed by atoms with van der Waals surface area (Å²) in [5, 5.41) is 2.53. The maximum absolute atomic E-state index is 12.7. The van der Waals surface area contributed by atoms with Crippen LogP contribution < -0.4 is 14.8 Å². The Bertz CT molecular complexity index is 1010. The van der Waals surface area contributed by atoms with E-state index in [0.717, 1.165) is 4.90 Å². The fourth-order valence-corrected chi connectivity index (χ4v) is 3.22. The first-order valence-corrected chi connectivity index (χ1v) is 9.10. The second-order valence-electron chi connectivity index (χ2n) is 5.87. The van der Waals surface area contributed by atoms with Gasteiger partial charge in [0.2, 0.25) is 5.76 Å². The number of nitrogens with one attached hydrogen (secondary N) is 1. The molecule has 9 nitrogen and oxygen atoms in total. The van der Waals surface area contributed by atoms with Crippen LogP contribution in [-0.2, 0) is 16.1 Å². The van der Waals surface area contributed by atoms with E-state index in [9.17, 15) is 14.4 Å². The third-order valence-electron chi connectivity index (χ3n) is 4.13. The first kappa shape index (κ1) is 20.5. The van der Waals surface area contributed by atoms with Crippen LogP contribution in [0.25, 0.3) is 6.08 Å². The Morgan fingerprint density at radius 3 is 2.55 bits per heavy atom. The second kappa shape index (κ2) is 8.39. The summed E-state index contributed by atoms with van der Waals surface area (Å²) in [6.07, 6.45) is 1.51. The highest BCUT2D eigenvalue weighted by Gasteiger charge is 2.34. The van der Waals surface area contributed by atoms with Crippen molar-refractivity contribution in [3.63, 3.8) is 0 Å². The predicted molar refractivity (Wildman–Crippen MR) is 104 cm³/mol. The number of nitrogens with zero attached hydrogens (tertiary/aromatic N) is 1. The van der Waals surface area contributed by atoms with Crippen molar-refractivity contribution < 1.29 is 33.0 Å². The Morgan fingerprint density at radius 1 is 1.17 bits per heavy atom. The van der Waals surface area contributed by atoms with Gasteiger partial charge in [-0.1, -0.05) is 0 Å². The maximum Gasteiger partial charge on any atom is 0.373 e. The summed E-state index contributed by atoms with van der Waals surface area (Å²) >= 11 is 3.38. The molecule has 1 aliphatic heterocycles. The van der Waals surface area contributed by atoms with Crippen LogP contribution in [0, 0.1) is 0 Å². The molecule has 29 heavy (non-hydrogen) atoms. The van der Waals surface area contributed by atoms with Crippen molar-refractivity contribution in [1.82, 2.24) is 10.2 Å². The fourth-order valence-electron chi connectivity index (χ4n) is 2.70. The minimum atomic E-state index is -0.647. The van der Waals surface area contributed by atoms with Gasteiger partial charge in [0.1, 0.15) is 23.0 Å². The van der Waals surface area contributed by atoms with Gasteiger partial charge in [-0.15, -0.1) is 0 Å². The van der Waals surface area contributed by atoms with Gasteiger partial charge >= 0.3 is 12.0 Å². The molecule has 0 saturated carbocycles. The average Bonchev–Trinajstić information content (AvgIpc) is 3.28. The summed E-state index contributed by atoms with van der Waals surface area (Å²) in [7, 11) is 4.24. The third kappa shape index (κ3) is 4.11. The normalized spacial score (nSPS) is 14.9. The SMILES string of the molecule is COC(=O)c1ccc(CN2C(=O)N/C(=C\c3cc(Br)c(OC)cc3OC)C2=O)o1. The molecule has 1 fully saturated rings. The van der Waals surface area contributed by atoms with Gasteiger partial charge in [-0.25, -0.2) is 9.59 Å². The fraction of sp³-hybridized carbons (Fsp3) is 0.211. The molecule has 10 heteroatoms. The van der Waals surface area contributed by atoms with E-state index < -0.39 is 17.9 Å². The van der Waals surface area contributed by atoms with Gasteiger partial charge in [-0.05, 0) is 40.2 Å². The zero-order valence-electron chi connectivity index (χ0n) is 15.8. The number of hydrogen-bond acceptors (Lipinski definition) is 7. The molecule has 0 radical (unpaired) electrons. The number of furan rings is 1. The topological polar surface area (TPSA) is 107 Å². The Kier molecular flexibility index (Phi) is 5.92. The Balaban J connectivity index is 1.84. The summed E-state index contributed by atoms with van der Waals surface area (Å²) in [4.78, 5) is 37.4. The molecule has 1 aromatic heterocycles. The van der Waals surface area contributed by atoms with E-state index in [1.54, 1.807) is 12.1 Å². The quantitative estimate of drug-likeness (QED) is 0.397. The van der Waals surface area contributed by atoms with Crippen molar-refractivity contribution >= 4 is 39.9 Å². The van der Waals surface area contributed by atoms with Gasteiger partial charge in [0, 0.05) is 11.6 Å². The molecule has 0 spiro atoms. The second-order valence-corrected chi connectivity index (χ2v) is 6.72. The van der Waals surface area contributed by atoms with Crippen molar-refractivity contribution in [2.45, 2.75) is 6.54 Å². The van der Waals surface area contributed by atoms with Crippen LogP contribution in [0.3, 0.4) is 0 Å². The standard InChI is InChI=1S/C19H17BrN2O7/c1-26-15-8-16(27-2)12(20)6-10(15)7-13-17(23)22(19(25)21-13)9-11-4-5-14(29-11)18(24)28-3/h4-8H,9H2,1-3H3,(H,21,25)/b13-7-. The van der Waals surface area contributed by atoms with E-state index in [-0.39, 0.29) is 23.8 Å². The van der Waals surface area contributed by atoms with Crippen LogP contribution in [0.4, 0.5) is 4.79 Å². The van der Waals surface area contributed by atoms with Gasteiger partial charge in [0.25, 0.3) is 5.91 Å². The lowest BCUT2D eigenvalue weighted by atomic mass is 10.1. The predicted octanol–water partition coefficient (Wildman–Crippen LogP) is 2.94. The number of amides is 3. The number of carbonyl (C=O) groups is 3. The Morgan fingerprint density at radius 2 is 1.90 bits per heavy atom. The van der Waals surface area contributed by atoms with E-state index in [4.69, 9.17) is 13.9 Å². The molecule has 1 aliphatic rings. The molecule has 0 atom stereocenters. The lowest BCUT2D eigenvalue weighted by Crippen LogP contribution is -2.30. The van der Waals surface area contributed by atoms with Crippen LogP contribution >= 0.6 is 15.9 Å². The number of hydrogen-bond donors (Lipinski definition) is 1. The van der Waals surface area contributed by atoms with E-state index in [2.05, 4.69) is 26.0 Å². The van der Waals surface area contributed by atoms with Crippen molar-refractivity contribution in [2.24, 2.45) is 0 Å². The molecule has 3 rings (SSSR count). The van der Waals surface area contributed by atoms with Crippen molar-refractivity contribution in [2.75, 3.05) is 21.3 Å². The van der Waals surface area contributed by atoms with E-state index >= 15 is 0 Å². The molecule has 0 aliphatic carbocycles. The molecule has 3 amide bonds. The van der Waals surface area contributed by atoms with Crippen LogP contribution in [-0.4, -0.2) is 44.1 Å². The largest absolute Gasteiger partial charge is 0.496 e.